The van der Waals surface area contributed by atoms with Gasteiger partial charge in [-0.05, 0) is 76.2 Å². The Bertz CT molecular complexity index is 1600. The minimum atomic E-state index is -0.392. The molecule has 0 fully saturated rings. The number of hydrogen-bond donors (Lipinski definition) is 0. The Morgan fingerprint density at radius 3 is 1.71 bits per heavy atom. The Morgan fingerprint density at radius 2 is 1.10 bits per heavy atom. The van der Waals surface area contributed by atoms with Crippen LogP contribution in [0.1, 0.15) is 152 Å². The first-order chi connectivity index (χ1) is 24.9. The van der Waals surface area contributed by atoms with E-state index >= 15 is 0 Å². The largest absolute Gasteiger partial charge is 0.494 e. The molecule has 0 heterocycles. The van der Waals surface area contributed by atoms with Crippen molar-refractivity contribution in [2.24, 2.45) is 5.92 Å². The third kappa shape index (κ3) is 13.3. The summed E-state index contributed by atoms with van der Waals surface area (Å²) in [5.41, 5.74) is 3.64. The highest BCUT2D eigenvalue weighted by Crippen LogP contribution is 2.29. The molecule has 0 aliphatic rings. The van der Waals surface area contributed by atoms with Gasteiger partial charge in [-0.1, -0.05) is 166 Å². The van der Waals surface area contributed by atoms with E-state index in [9.17, 15) is 9.59 Å². The zero-order chi connectivity index (χ0) is 36.3. The Hall–Kier alpha value is -3.92. The van der Waals surface area contributed by atoms with Crippen LogP contribution in [-0.4, -0.2) is 18.4 Å². The number of fused-ring (bicyclic) bond motifs is 1. The Labute approximate surface area is 308 Å². The molecule has 0 bridgehead atoms. The van der Waals surface area contributed by atoms with Gasteiger partial charge in [-0.2, -0.15) is 0 Å². The number of Topliss-reactive ketones (excluding diaryl/α,β-unsaturated/α-hetero) is 1. The van der Waals surface area contributed by atoms with Crippen LogP contribution in [-0.2, 0) is 4.79 Å². The zero-order valence-electron chi connectivity index (χ0n) is 31.9. The van der Waals surface area contributed by atoms with Gasteiger partial charge in [0.2, 0.25) is 0 Å². The summed E-state index contributed by atoms with van der Waals surface area (Å²) in [4.78, 5) is 26.1. The second kappa shape index (κ2) is 22.1. The van der Waals surface area contributed by atoms with E-state index < -0.39 is 5.97 Å². The lowest BCUT2D eigenvalue weighted by atomic mass is 9.86. The molecule has 51 heavy (non-hydrogen) atoms. The van der Waals surface area contributed by atoms with Crippen molar-refractivity contribution in [1.82, 2.24) is 0 Å². The van der Waals surface area contributed by atoms with Gasteiger partial charge in [-0.25, -0.2) is 4.79 Å². The highest BCUT2D eigenvalue weighted by atomic mass is 16.5. The molecular weight excluding hydrogens is 629 g/mol. The van der Waals surface area contributed by atoms with Crippen LogP contribution < -0.4 is 9.47 Å². The van der Waals surface area contributed by atoms with Crippen LogP contribution in [0.25, 0.3) is 21.9 Å². The molecule has 0 N–H and O–H groups in total. The van der Waals surface area contributed by atoms with Crippen LogP contribution in [0.4, 0.5) is 0 Å². The van der Waals surface area contributed by atoms with E-state index in [1.54, 1.807) is 0 Å². The van der Waals surface area contributed by atoms with Crippen molar-refractivity contribution in [2.45, 2.75) is 136 Å². The lowest BCUT2D eigenvalue weighted by Crippen LogP contribution is -2.14. The lowest BCUT2D eigenvalue weighted by molar-refractivity contribution is -0.121. The van der Waals surface area contributed by atoms with Gasteiger partial charge in [0.05, 0.1) is 12.2 Å². The second-order valence-corrected chi connectivity index (χ2v) is 14.5. The summed E-state index contributed by atoms with van der Waals surface area (Å²) in [6.07, 6.45) is 19.7. The highest BCUT2D eigenvalue weighted by molar-refractivity contribution is 5.93. The third-order valence-electron chi connectivity index (χ3n) is 10.2. The number of rotatable bonds is 24. The molecule has 0 aromatic heterocycles. The highest BCUT2D eigenvalue weighted by Gasteiger charge is 2.20. The van der Waals surface area contributed by atoms with Crippen molar-refractivity contribution in [2.75, 3.05) is 6.61 Å². The van der Waals surface area contributed by atoms with Gasteiger partial charge in [0.1, 0.15) is 17.3 Å². The molecule has 0 saturated carbocycles. The van der Waals surface area contributed by atoms with E-state index in [1.807, 2.05) is 73.7 Å². The molecule has 0 aliphatic carbocycles. The summed E-state index contributed by atoms with van der Waals surface area (Å²) >= 11 is 0. The minimum Gasteiger partial charge on any atom is -0.494 e. The van der Waals surface area contributed by atoms with Crippen LogP contribution in [0.15, 0.2) is 84.9 Å². The number of carbonyl (C=O) groups is 2. The van der Waals surface area contributed by atoms with E-state index in [0.29, 0.717) is 29.4 Å². The van der Waals surface area contributed by atoms with Gasteiger partial charge in [0, 0.05) is 12.3 Å². The third-order valence-corrected chi connectivity index (χ3v) is 10.2. The maximum Gasteiger partial charge on any atom is 0.343 e. The van der Waals surface area contributed by atoms with Crippen molar-refractivity contribution >= 4 is 22.5 Å². The summed E-state index contributed by atoms with van der Waals surface area (Å²) in [6.45, 7) is 9.43. The average Bonchev–Trinajstić information content (AvgIpc) is 3.15. The van der Waals surface area contributed by atoms with Crippen molar-refractivity contribution in [1.29, 1.82) is 0 Å². The monoisotopic (exact) mass is 690 g/mol. The molecule has 4 aromatic rings. The fourth-order valence-electron chi connectivity index (χ4n) is 7.05. The number of esters is 1. The quantitative estimate of drug-likeness (QED) is 0.0417. The minimum absolute atomic E-state index is 0.138. The molecule has 4 rings (SSSR count). The van der Waals surface area contributed by atoms with E-state index in [-0.39, 0.29) is 5.92 Å². The van der Waals surface area contributed by atoms with Gasteiger partial charge >= 0.3 is 5.97 Å². The lowest BCUT2D eigenvalue weighted by Gasteiger charge is -2.18. The molecule has 4 aromatic carbocycles. The van der Waals surface area contributed by atoms with Gasteiger partial charge in [0.25, 0.3) is 0 Å². The van der Waals surface area contributed by atoms with Gasteiger partial charge in [0.15, 0.2) is 0 Å². The summed E-state index contributed by atoms with van der Waals surface area (Å²) < 4.78 is 11.8. The SMILES string of the molecule is CCCCCCCCCCCCCOc1ccc(-c2ccc(C(=O)Oc3ccc4cc([C@H](C)C(=O)CC(CCC)CCC)ccc4c3)cc2)cc1. The predicted molar refractivity (Wildman–Crippen MR) is 214 cm³/mol. The van der Waals surface area contributed by atoms with Crippen LogP contribution in [0, 0.1) is 5.92 Å². The first kappa shape index (κ1) is 39.9. The second-order valence-electron chi connectivity index (χ2n) is 14.5. The smallest absolute Gasteiger partial charge is 0.343 e. The molecule has 274 valence electrons. The molecule has 0 amide bonds. The molecule has 4 heteroatoms. The Kier molecular flexibility index (Phi) is 17.3. The number of hydrogen-bond acceptors (Lipinski definition) is 4. The molecule has 4 nitrogen and oxygen atoms in total. The molecule has 0 spiro atoms. The zero-order valence-corrected chi connectivity index (χ0v) is 31.9. The maximum absolute atomic E-state index is 13.1. The van der Waals surface area contributed by atoms with Gasteiger partial charge in [-0.3, -0.25) is 4.79 Å². The Morgan fingerprint density at radius 1 is 0.569 bits per heavy atom. The molecule has 0 unspecified atom stereocenters. The van der Waals surface area contributed by atoms with Crippen LogP contribution in [0.2, 0.25) is 0 Å². The fraction of sp³-hybridized carbons (Fsp3) is 0.489. The number of benzene rings is 4. The number of ketones is 1. The predicted octanol–water partition coefficient (Wildman–Crippen LogP) is 13.7. The van der Waals surface area contributed by atoms with E-state index in [2.05, 4.69) is 39.0 Å². The van der Waals surface area contributed by atoms with Crippen LogP contribution >= 0.6 is 0 Å². The van der Waals surface area contributed by atoms with E-state index in [1.165, 1.54) is 64.2 Å². The molecule has 0 aliphatic heterocycles. The van der Waals surface area contributed by atoms with Crippen LogP contribution in [0.5, 0.6) is 11.5 Å². The summed E-state index contributed by atoms with van der Waals surface area (Å²) in [6, 6.07) is 27.5. The maximum atomic E-state index is 13.1. The fourth-order valence-corrected chi connectivity index (χ4v) is 7.05. The average molecular weight is 691 g/mol. The van der Waals surface area contributed by atoms with Gasteiger partial charge < -0.3 is 9.47 Å². The number of carbonyl (C=O) groups excluding carboxylic acids is 2. The first-order valence-electron chi connectivity index (χ1n) is 20.0. The summed E-state index contributed by atoms with van der Waals surface area (Å²) in [5.74, 6) is 1.65. The number of ether oxygens (including phenoxy) is 2. The van der Waals surface area contributed by atoms with Crippen molar-refractivity contribution < 1.29 is 19.1 Å². The first-order valence-corrected chi connectivity index (χ1v) is 20.0. The van der Waals surface area contributed by atoms with Gasteiger partial charge in [-0.15, -0.1) is 0 Å². The van der Waals surface area contributed by atoms with Crippen molar-refractivity contribution in [3.05, 3.63) is 96.1 Å². The molecular formula is C47H62O4. The Balaban J connectivity index is 1.21. The normalized spacial score (nSPS) is 11.9. The molecule has 1 atom stereocenters. The van der Waals surface area contributed by atoms with E-state index in [4.69, 9.17) is 9.47 Å². The number of unbranched alkanes of at least 4 members (excludes halogenated alkanes) is 10. The summed E-state index contributed by atoms with van der Waals surface area (Å²) in [5, 5.41) is 2.00. The van der Waals surface area contributed by atoms with Crippen LogP contribution in [0.3, 0.4) is 0 Å². The van der Waals surface area contributed by atoms with Crippen molar-refractivity contribution in [3.63, 3.8) is 0 Å². The van der Waals surface area contributed by atoms with Crippen molar-refractivity contribution in [3.8, 4) is 22.6 Å². The summed E-state index contributed by atoms with van der Waals surface area (Å²) in [7, 11) is 0. The van der Waals surface area contributed by atoms with E-state index in [0.717, 1.165) is 71.9 Å². The molecule has 0 saturated heterocycles. The topological polar surface area (TPSA) is 52.6 Å². The standard InChI is InChI=1S/C47H62O4/c1-5-8-9-10-11-12-13-14-15-16-17-32-50-44-29-26-39(27-30-44)38-20-22-40(23-21-38)47(49)51-45-31-28-42-34-41(24-25-43(42)35-45)36(4)46(48)33-37(18-6-2)19-7-3/h20-31,34-37H,5-19,32-33H2,1-4H3/t36-/m0/s1. The molecule has 0 radical (unpaired) electrons.